The molecule has 0 saturated heterocycles. The highest BCUT2D eigenvalue weighted by molar-refractivity contribution is 6.36. The van der Waals surface area contributed by atoms with Gasteiger partial charge < -0.3 is 0 Å². The van der Waals surface area contributed by atoms with Gasteiger partial charge in [0, 0.05) is 11.6 Å². The minimum Gasteiger partial charge on any atom is -0.255 e. The van der Waals surface area contributed by atoms with Crippen molar-refractivity contribution in [3.05, 3.63) is 40.5 Å². The summed E-state index contributed by atoms with van der Waals surface area (Å²) in [7, 11) is 0. The van der Waals surface area contributed by atoms with Crippen LogP contribution in [0.3, 0.4) is 0 Å². The maximum absolute atomic E-state index is 8.77. The van der Waals surface area contributed by atoms with Crippen LogP contribution in [0, 0.1) is 18.3 Å². The van der Waals surface area contributed by atoms with Crippen LogP contribution in [0.25, 0.3) is 10.9 Å². The van der Waals surface area contributed by atoms with E-state index in [1.807, 2.05) is 31.2 Å². The smallest absolute Gasteiger partial charge is 0.102 e. The van der Waals surface area contributed by atoms with Gasteiger partial charge in [-0.15, -0.1) is 0 Å². The molecule has 0 amide bonds. The summed E-state index contributed by atoms with van der Waals surface area (Å²) in [5.41, 5.74) is 2.35. The molecule has 0 aliphatic carbocycles. The fraction of sp³-hybridized carbons (Fsp3) is 0.0909. The predicted octanol–water partition coefficient (Wildman–Crippen LogP) is 3.07. The lowest BCUT2D eigenvalue weighted by Gasteiger charge is -2.02. The molecule has 1 heterocycles. The standard InChI is InChI=1S/C11H7ClN2/c1-7-2-3-10-9(4-7)11(12)8(5-13)6-14-10/h2-4,6H,1H3. The second-order valence-corrected chi connectivity index (χ2v) is 3.50. The van der Waals surface area contributed by atoms with Crippen LogP contribution in [-0.2, 0) is 0 Å². The molecule has 0 fully saturated rings. The Morgan fingerprint density at radius 1 is 1.43 bits per heavy atom. The summed E-state index contributed by atoms with van der Waals surface area (Å²) in [4.78, 5) is 4.15. The molecule has 0 N–H and O–H groups in total. The molecule has 68 valence electrons. The molecule has 1 aromatic carbocycles. The third-order valence-electron chi connectivity index (χ3n) is 2.08. The monoisotopic (exact) mass is 202 g/mol. The number of hydrogen-bond donors (Lipinski definition) is 0. The maximum atomic E-state index is 8.77. The Balaban J connectivity index is 2.88. The highest BCUT2D eigenvalue weighted by Crippen LogP contribution is 2.25. The van der Waals surface area contributed by atoms with Gasteiger partial charge >= 0.3 is 0 Å². The second-order valence-electron chi connectivity index (χ2n) is 3.12. The van der Waals surface area contributed by atoms with Crippen LogP contribution < -0.4 is 0 Å². The van der Waals surface area contributed by atoms with Gasteiger partial charge in [-0.1, -0.05) is 23.2 Å². The molecule has 0 spiro atoms. The first-order valence-corrected chi connectivity index (χ1v) is 4.55. The summed E-state index contributed by atoms with van der Waals surface area (Å²) in [6, 6.07) is 7.82. The van der Waals surface area contributed by atoms with Crippen LogP contribution in [0.1, 0.15) is 11.1 Å². The highest BCUT2D eigenvalue weighted by atomic mass is 35.5. The Labute approximate surface area is 86.8 Å². The van der Waals surface area contributed by atoms with Crippen molar-refractivity contribution < 1.29 is 0 Å². The molecule has 0 radical (unpaired) electrons. The van der Waals surface area contributed by atoms with Gasteiger partial charge in [-0.25, -0.2) is 0 Å². The normalized spacial score (nSPS) is 10.1. The van der Waals surface area contributed by atoms with Crippen molar-refractivity contribution in [2.75, 3.05) is 0 Å². The van der Waals surface area contributed by atoms with Crippen LogP contribution in [0.15, 0.2) is 24.4 Å². The van der Waals surface area contributed by atoms with E-state index in [9.17, 15) is 0 Å². The van der Waals surface area contributed by atoms with E-state index in [0.717, 1.165) is 16.5 Å². The van der Waals surface area contributed by atoms with Crippen molar-refractivity contribution in [1.29, 1.82) is 5.26 Å². The van der Waals surface area contributed by atoms with Crippen LogP contribution in [0.4, 0.5) is 0 Å². The fourth-order valence-corrected chi connectivity index (χ4v) is 1.59. The predicted molar refractivity (Wildman–Crippen MR) is 56.2 cm³/mol. The van der Waals surface area contributed by atoms with Crippen LogP contribution in [0.5, 0.6) is 0 Å². The number of benzene rings is 1. The third kappa shape index (κ3) is 1.32. The SMILES string of the molecule is Cc1ccc2ncc(C#N)c(Cl)c2c1. The number of aryl methyl sites for hydroxylation is 1. The van der Waals surface area contributed by atoms with Crippen molar-refractivity contribution in [2.24, 2.45) is 0 Å². The van der Waals surface area contributed by atoms with Gasteiger partial charge in [-0.05, 0) is 19.1 Å². The zero-order valence-corrected chi connectivity index (χ0v) is 8.34. The molecule has 2 rings (SSSR count). The third-order valence-corrected chi connectivity index (χ3v) is 2.49. The largest absolute Gasteiger partial charge is 0.255 e. The first-order valence-electron chi connectivity index (χ1n) is 4.17. The first-order chi connectivity index (χ1) is 6.72. The van der Waals surface area contributed by atoms with Crippen molar-refractivity contribution in [2.45, 2.75) is 6.92 Å². The zero-order valence-electron chi connectivity index (χ0n) is 7.58. The highest BCUT2D eigenvalue weighted by Gasteiger charge is 2.05. The molecule has 0 unspecified atom stereocenters. The molecule has 2 nitrogen and oxygen atoms in total. The number of nitrogens with zero attached hydrogens (tertiary/aromatic N) is 2. The van der Waals surface area contributed by atoms with E-state index in [-0.39, 0.29) is 0 Å². The molecular weight excluding hydrogens is 196 g/mol. The topological polar surface area (TPSA) is 36.7 Å². The summed E-state index contributed by atoms with van der Waals surface area (Å²) >= 11 is 6.05. The van der Waals surface area contributed by atoms with Gasteiger partial charge in [-0.3, -0.25) is 4.98 Å². The summed E-state index contributed by atoms with van der Waals surface area (Å²) < 4.78 is 0. The molecule has 2 aromatic rings. The van der Waals surface area contributed by atoms with E-state index >= 15 is 0 Å². The Hall–Kier alpha value is -1.59. The molecule has 1 aromatic heterocycles. The Bertz CT molecular complexity index is 541. The van der Waals surface area contributed by atoms with Gasteiger partial charge in [0.15, 0.2) is 0 Å². The van der Waals surface area contributed by atoms with Crippen molar-refractivity contribution >= 4 is 22.5 Å². The number of halogens is 1. The zero-order chi connectivity index (χ0) is 10.1. The molecule has 0 aliphatic heterocycles. The molecule has 0 saturated carbocycles. The number of hydrogen-bond acceptors (Lipinski definition) is 2. The lowest BCUT2D eigenvalue weighted by atomic mass is 10.1. The molecule has 3 heteroatoms. The van der Waals surface area contributed by atoms with Gasteiger partial charge in [0.1, 0.15) is 6.07 Å². The molecular formula is C11H7ClN2. The van der Waals surface area contributed by atoms with E-state index in [1.54, 1.807) is 0 Å². The summed E-state index contributed by atoms with van der Waals surface area (Å²) in [5.74, 6) is 0. The van der Waals surface area contributed by atoms with Gasteiger partial charge in [0.25, 0.3) is 0 Å². The number of pyridine rings is 1. The summed E-state index contributed by atoms with van der Waals surface area (Å²) in [6.07, 6.45) is 1.50. The number of fused-ring (bicyclic) bond motifs is 1. The average Bonchev–Trinajstić information content (AvgIpc) is 2.20. The Morgan fingerprint density at radius 2 is 2.21 bits per heavy atom. The minimum absolute atomic E-state index is 0.421. The summed E-state index contributed by atoms with van der Waals surface area (Å²) in [5, 5.41) is 10.1. The van der Waals surface area contributed by atoms with E-state index in [0.29, 0.717) is 10.6 Å². The van der Waals surface area contributed by atoms with E-state index in [1.165, 1.54) is 6.20 Å². The summed E-state index contributed by atoms with van der Waals surface area (Å²) in [6.45, 7) is 1.98. The Kier molecular flexibility index (Phi) is 2.11. The number of nitriles is 1. The van der Waals surface area contributed by atoms with E-state index < -0.39 is 0 Å². The fourth-order valence-electron chi connectivity index (χ4n) is 1.35. The van der Waals surface area contributed by atoms with Gasteiger partial charge in [0.05, 0.1) is 16.1 Å². The van der Waals surface area contributed by atoms with Crippen LogP contribution >= 0.6 is 11.6 Å². The minimum atomic E-state index is 0.421. The lowest BCUT2D eigenvalue weighted by Crippen LogP contribution is -1.85. The number of rotatable bonds is 0. The number of aromatic nitrogens is 1. The molecule has 14 heavy (non-hydrogen) atoms. The van der Waals surface area contributed by atoms with Crippen molar-refractivity contribution in [3.8, 4) is 6.07 Å². The quantitative estimate of drug-likeness (QED) is 0.658. The maximum Gasteiger partial charge on any atom is 0.102 e. The van der Waals surface area contributed by atoms with Crippen molar-refractivity contribution in [1.82, 2.24) is 4.98 Å². The van der Waals surface area contributed by atoms with Gasteiger partial charge in [0.2, 0.25) is 0 Å². The first kappa shape index (κ1) is 8.98. The van der Waals surface area contributed by atoms with E-state index in [4.69, 9.17) is 16.9 Å². The van der Waals surface area contributed by atoms with Gasteiger partial charge in [-0.2, -0.15) is 5.26 Å². The van der Waals surface area contributed by atoms with E-state index in [2.05, 4.69) is 4.98 Å². The Morgan fingerprint density at radius 3 is 2.93 bits per heavy atom. The van der Waals surface area contributed by atoms with Crippen LogP contribution in [0.2, 0.25) is 5.02 Å². The molecule has 0 bridgehead atoms. The average molecular weight is 203 g/mol. The lowest BCUT2D eigenvalue weighted by molar-refractivity contribution is 1.36. The van der Waals surface area contributed by atoms with Crippen molar-refractivity contribution in [3.63, 3.8) is 0 Å². The molecule has 0 atom stereocenters. The second kappa shape index (κ2) is 3.28. The molecule has 0 aliphatic rings. The van der Waals surface area contributed by atoms with Crippen LogP contribution in [-0.4, -0.2) is 4.98 Å².